The molecule has 2 aromatic rings. The molecule has 0 radical (unpaired) electrons. The molecule has 0 saturated heterocycles. The van der Waals surface area contributed by atoms with Crippen molar-refractivity contribution < 1.29 is 19.6 Å². The van der Waals surface area contributed by atoms with E-state index in [9.17, 15) is 14.9 Å². The van der Waals surface area contributed by atoms with E-state index in [2.05, 4.69) is 5.10 Å². The normalized spacial score (nSPS) is 10.2. The summed E-state index contributed by atoms with van der Waals surface area (Å²) in [6.07, 6.45) is 1.49. The number of non-ortho nitro benzene ring substituents is 1. The summed E-state index contributed by atoms with van der Waals surface area (Å²) in [5.41, 5.74) is 0.420. The first kappa shape index (κ1) is 13.5. The summed E-state index contributed by atoms with van der Waals surface area (Å²) in [4.78, 5) is 21.0. The number of aromatic nitrogens is 2. The van der Waals surface area contributed by atoms with Crippen LogP contribution in [0, 0.1) is 10.1 Å². The number of methoxy groups -OCH3 is 1. The lowest BCUT2D eigenvalue weighted by atomic mass is 10.2. The van der Waals surface area contributed by atoms with E-state index >= 15 is 0 Å². The minimum atomic E-state index is -1.12. The molecule has 0 unspecified atom stereocenters. The van der Waals surface area contributed by atoms with Crippen LogP contribution in [0.5, 0.6) is 5.75 Å². The zero-order chi connectivity index (χ0) is 14.7. The lowest BCUT2D eigenvalue weighted by Gasteiger charge is -2.05. The SMILES string of the molecule is COc1cc(Cn2ccc(C(=O)O)n2)cc([N+](=O)[O-])c1. The van der Waals surface area contributed by atoms with Gasteiger partial charge in [-0.1, -0.05) is 0 Å². The van der Waals surface area contributed by atoms with Crippen LogP contribution in [-0.2, 0) is 6.54 Å². The molecule has 0 fully saturated rings. The van der Waals surface area contributed by atoms with Gasteiger partial charge in [-0.05, 0) is 17.7 Å². The van der Waals surface area contributed by atoms with Gasteiger partial charge in [-0.15, -0.1) is 0 Å². The average Bonchev–Trinajstić information content (AvgIpc) is 2.87. The number of carboxylic acid groups (broad SMARTS) is 1. The molecule has 0 amide bonds. The van der Waals surface area contributed by atoms with E-state index < -0.39 is 10.9 Å². The standard InChI is InChI=1S/C12H11N3O5/c1-20-10-5-8(4-9(6-10)15(18)19)7-14-3-2-11(13-14)12(16)17/h2-6H,7H2,1H3,(H,16,17). The Balaban J connectivity index is 2.29. The molecular weight excluding hydrogens is 266 g/mol. The van der Waals surface area contributed by atoms with Crippen molar-refractivity contribution in [3.63, 3.8) is 0 Å². The summed E-state index contributed by atoms with van der Waals surface area (Å²) in [5, 5.41) is 23.4. The van der Waals surface area contributed by atoms with E-state index in [1.54, 1.807) is 6.07 Å². The van der Waals surface area contributed by atoms with Crippen LogP contribution in [-0.4, -0.2) is 32.9 Å². The fourth-order valence-corrected chi connectivity index (χ4v) is 1.71. The van der Waals surface area contributed by atoms with Crippen LogP contribution in [0.2, 0.25) is 0 Å². The minimum absolute atomic E-state index is 0.0811. The highest BCUT2D eigenvalue weighted by atomic mass is 16.6. The molecule has 8 nitrogen and oxygen atoms in total. The highest BCUT2D eigenvalue weighted by Gasteiger charge is 2.12. The lowest BCUT2D eigenvalue weighted by Crippen LogP contribution is -2.04. The zero-order valence-corrected chi connectivity index (χ0v) is 10.5. The van der Waals surface area contributed by atoms with Crippen LogP contribution in [0.25, 0.3) is 0 Å². The Labute approximate surface area is 113 Å². The van der Waals surface area contributed by atoms with Gasteiger partial charge in [0.15, 0.2) is 5.69 Å². The minimum Gasteiger partial charge on any atom is -0.496 e. The summed E-state index contributed by atoms with van der Waals surface area (Å²) in [7, 11) is 1.42. The third kappa shape index (κ3) is 2.91. The van der Waals surface area contributed by atoms with Crippen molar-refractivity contribution in [2.45, 2.75) is 6.54 Å². The second-order valence-electron chi connectivity index (χ2n) is 4.00. The summed E-state index contributed by atoms with van der Waals surface area (Å²) < 4.78 is 6.39. The Morgan fingerprint density at radius 1 is 1.50 bits per heavy atom. The van der Waals surface area contributed by atoms with Gasteiger partial charge in [0.05, 0.1) is 24.6 Å². The number of carbonyl (C=O) groups is 1. The van der Waals surface area contributed by atoms with E-state index in [-0.39, 0.29) is 17.9 Å². The third-order valence-corrected chi connectivity index (χ3v) is 2.60. The molecule has 0 spiro atoms. The van der Waals surface area contributed by atoms with Crippen LogP contribution >= 0.6 is 0 Å². The monoisotopic (exact) mass is 277 g/mol. The predicted molar refractivity (Wildman–Crippen MR) is 67.9 cm³/mol. The molecule has 0 aliphatic rings. The maximum absolute atomic E-state index is 10.8. The van der Waals surface area contributed by atoms with Crippen LogP contribution in [0.3, 0.4) is 0 Å². The molecule has 1 aromatic carbocycles. The summed E-state index contributed by atoms with van der Waals surface area (Å²) in [6.45, 7) is 0.214. The Morgan fingerprint density at radius 3 is 2.80 bits per heavy atom. The van der Waals surface area contributed by atoms with Gasteiger partial charge in [-0.25, -0.2) is 4.79 Å². The number of nitrogens with zero attached hydrogens (tertiary/aromatic N) is 3. The Hall–Kier alpha value is -2.90. The van der Waals surface area contributed by atoms with Gasteiger partial charge in [0.1, 0.15) is 5.75 Å². The average molecular weight is 277 g/mol. The first-order chi connectivity index (χ1) is 9.49. The molecule has 0 saturated carbocycles. The van der Waals surface area contributed by atoms with Crippen LogP contribution < -0.4 is 4.74 Å². The highest BCUT2D eigenvalue weighted by Crippen LogP contribution is 2.23. The fraction of sp³-hybridized carbons (Fsp3) is 0.167. The number of hydrogen-bond acceptors (Lipinski definition) is 5. The molecule has 0 bridgehead atoms. The smallest absolute Gasteiger partial charge is 0.356 e. The summed E-state index contributed by atoms with van der Waals surface area (Å²) >= 11 is 0. The van der Waals surface area contributed by atoms with Crippen molar-refractivity contribution in [2.75, 3.05) is 7.11 Å². The number of benzene rings is 1. The van der Waals surface area contributed by atoms with E-state index in [1.165, 1.54) is 36.2 Å². The quantitative estimate of drug-likeness (QED) is 0.656. The van der Waals surface area contributed by atoms with E-state index in [4.69, 9.17) is 9.84 Å². The number of hydrogen-bond donors (Lipinski definition) is 1. The maximum atomic E-state index is 10.8. The van der Waals surface area contributed by atoms with Crippen LogP contribution in [0.1, 0.15) is 16.1 Å². The zero-order valence-electron chi connectivity index (χ0n) is 10.5. The molecule has 0 aliphatic heterocycles. The largest absolute Gasteiger partial charge is 0.496 e. The van der Waals surface area contributed by atoms with Gasteiger partial charge >= 0.3 is 5.97 Å². The highest BCUT2D eigenvalue weighted by molar-refractivity contribution is 5.85. The Bertz CT molecular complexity index is 665. The molecule has 1 N–H and O–H groups in total. The van der Waals surface area contributed by atoms with Crippen LogP contribution in [0.15, 0.2) is 30.5 Å². The molecule has 8 heteroatoms. The molecule has 0 aliphatic carbocycles. The predicted octanol–water partition coefficient (Wildman–Crippen LogP) is 1.55. The number of nitro benzene ring substituents is 1. The van der Waals surface area contributed by atoms with Crippen molar-refractivity contribution in [1.29, 1.82) is 0 Å². The molecule has 1 aromatic heterocycles. The van der Waals surface area contributed by atoms with Crippen molar-refractivity contribution in [1.82, 2.24) is 9.78 Å². The van der Waals surface area contributed by atoms with Crippen molar-refractivity contribution in [3.05, 3.63) is 51.8 Å². The Morgan fingerprint density at radius 2 is 2.25 bits per heavy atom. The van der Waals surface area contributed by atoms with Crippen molar-refractivity contribution in [3.8, 4) is 5.75 Å². The third-order valence-electron chi connectivity index (χ3n) is 2.60. The van der Waals surface area contributed by atoms with Gasteiger partial charge in [0.25, 0.3) is 5.69 Å². The summed E-state index contributed by atoms with van der Waals surface area (Å²) in [6, 6.07) is 5.70. The Kier molecular flexibility index (Phi) is 3.65. The molecular formula is C12H11N3O5. The molecule has 1 heterocycles. The first-order valence-corrected chi connectivity index (χ1v) is 5.58. The number of rotatable bonds is 5. The fourth-order valence-electron chi connectivity index (χ4n) is 1.71. The number of carboxylic acids is 1. The topological polar surface area (TPSA) is 107 Å². The van der Waals surface area contributed by atoms with Crippen molar-refractivity contribution in [2.24, 2.45) is 0 Å². The molecule has 2 rings (SSSR count). The van der Waals surface area contributed by atoms with Gasteiger partial charge in [-0.2, -0.15) is 5.10 Å². The number of nitro groups is 1. The van der Waals surface area contributed by atoms with Gasteiger partial charge in [-0.3, -0.25) is 14.8 Å². The first-order valence-electron chi connectivity index (χ1n) is 5.58. The van der Waals surface area contributed by atoms with E-state index in [0.29, 0.717) is 11.3 Å². The van der Waals surface area contributed by atoms with Gasteiger partial charge in [0, 0.05) is 12.3 Å². The van der Waals surface area contributed by atoms with Crippen molar-refractivity contribution >= 4 is 11.7 Å². The van der Waals surface area contributed by atoms with Gasteiger partial charge < -0.3 is 9.84 Å². The molecule has 20 heavy (non-hydrogen) atoms. The second-order valence-corrected chi connectivity index (χ2v) is 4.00. The van der Waals surface area contributed by atoms with Gasteiger partial charge in [0.2, 0.25) is 0 Å². The maximum Gasteiger partial charge on any atom is 0.356 e. The van der Waals surface area contributed by atoms with E-state index in [1.807, 2.05) is 0 Å². The number of ether oxygens (including phenoxy) is 1. The second kappa shape index (κ2) is 5.39. The number of aromatic carboxylic acids is 1. The lowest BCUT2D eigenvalue weighted by molar-refractivity contribution is -0.385. The van der Waals surface area contributed by atoms with E-state index in [0.717, 1.165) is 0 Å². The molecule has 104 valence electrons. The van der Waals surface area contributed by atoms with Crippen LogP contribution in [0.4, 0.5) is 5.69 Å². The summed E-state index contributed by atoms with van der Waals surface area (Å²) in [5.74, 6) is -0.764. The molecule has 0 atom stereocenters.